The molecule has 3 rings (SSSR count). The van der Waals surface area contributed by atoms with Gasteiger partial charge in [-0.15, -0.1) is 0 Å². The van der Waals surface area contributed by atoms with Crippen molar-refractivity contribution in [1.29, 1.82) is 5.26 Å². The first-order valence-corrected chi connectivity index (χ1v) is 9.40. The molecule has 1 aromatic heterocycles. The van der Waals surface area contributed by atoms with Crippen molar-refractivity contribution in [3.63, 3.8) is 0 Å². The summed E-state index contributed by atoms with van der Waals surface area (Å²) < 4.78 is 0. The van der Waals surface area contributed by atoms with E-state index >= 15 is 0 Å². The lowest BCUT2D eigenvalue weighted by Gasteiger charge is -2.40. The van der Waals surface area contributed by atoms with Gasteiger partial charge in [0.05, 0.1) is 0 Å². The number of piperidine rings is 1. The molecule has 0 spiro atoms. The van der Waals surface area contributed by atoms with E-state index in [4.69, 9.17) is 16.9 Å². The summed E-state index contributed by atoms with van der Waals surface area (Å²) in [5.41, 5.74) is 2.45. The first kappa shape index (κ1) is 19.7. The summed E-state index contributed by atoms with van der Waals surface area (Å²) in [6, 6.07) is 14.4. The molecule has 1 aromatic carbocycles. The highest BCUT2D eigenvalue weighted by Gasteiger charge is 2.33. The van der Waals surface area contributed by atoms with Crippen LogP contribution in [0.1, 0.15) is 42.0 Å². The number of allylic oxidation sites excluding steroid dienone is 1. The van der Waals surface area contributed by atoms with E-state index in [0.717, 1.165) is 12.0 Å². The standard InChI is InChI=1S/C23H20ClN3O/c1-23(2)16-27(22(28)21-11-5-10-20(15-25)26-21)13-12-18(23)8-3-6-17-7-4-9-19(24)14-17/h4-5,7-11,14H,12-13,16H2,1-2H3/b18-8+. The Morgan fingerprint density at radius 3 is 2.79 bits per heavy atom. The van der Waals surface area contributed by atoms with Crippen molar-refractivity contribution in [2.24, 2.45) is 5.41 Å². The van der Waals surface area contributed by atoms with E-state index in [1.54, 1.807) is 23.1 Å². The summed E-state index contributed by atoms with van der Waals surface area (Å²) in [6.45, 7) is 5.40. The van der Waals surface area contributed by atoms with Crippen LogP contribution in [0.2, 0.25) is 5.02 Å². The van der Waals surface area contributed by atoms with Crippen molar-refractivity contribution >= 4 is 17.5 Å². The van der Waals surface area contributed by atoms with Crippen LogP contribution in [0, 0.1) is 28.6 Å². The Hall–Kier alpha value is -3.08. The van der Waals surface area contributed by atoms with Crippen molar-refractivity contribution in [3.05, 3.63) is 76.1 Å². The van der Waals surface area contributed by atoms with E-state index in [-0.39, 0.29) is 17.0 Å². The molecule has 28 heavy (non-hydrogen) atoms. The molecule has 1 aliphatic rings. The highest BCUT2D eigenvalue weighted by molar-refractivity contribution is 6.30. The summed E-state index contributed by atoms with van der Waals surface area (Å²) in [5.74, 6) is 6.09. The summed E-state index contributed by atoms with van der Waals surface area (Å²) in [5, 5.41) is 9.65. The summed E-state index contributed by atoms with van der Waals surface area (Å²) >= 11 is 5.99. The molecule has 0 saturated carbocycles. The first-order chi connectivity index (χ1) is 13.4. The van der Waals surface area contributed by atoms with E-state index in [9.17, 15) is 4.79 Å². The Labute approximate surface area is 170 Å². The van der Waals surface area contributed by atoms with Crippen LogP contribution in [0.5, 0.6) is 0 Å². The van der Waals surface area contributed by atoms with Crippen LogP contribution in [0.15, 0.2) is 54.1 Å². The molecule has 1 saturated heterocycles. The van der Waals surface area contributed by atoms with Crippen molar-refractivity contribution in [1.82, 2.24) is 9.88 Å². The third-order valence-electron chi connectivity index (χ3n) is 4.76. The average molecular weight is 390 g/mol. The maximum absolute atomic E-state index is 12.8. The molecule has 0 unspecified atom stereocenters. The van der Waals surface area contributed by atoms with Gasteiger partial charge in [0.2, 0.25) is 0 Å². The Kier molecular flexibility index (Phi) is 5.83. The molecule has 0 bridgehead atoms. The number of amides is 1. The van der Waals surface area contributed by atoms with Gasteiger partial charge in [-0.25, -0.2) is 4.98 Å². The van der Waals surface area contributed by atoms with E-state index in [1.807, 2.05) is 36.4 Å². The van der Waals surface area contributed by atoms with Gasteiger partial charge in [-0.1, -0.05) is 55.0 Å². The Balaban J connectivity index is 1.74. The largest absolute Gasteiger partial charge is 0.336 e. The molecule has 4 nitrogen and oxygen atoms in total. The Morgan fingerprint density at radius 2 is 2.07 bits per heavy atom. The number of likely N-dealkylation sites (tertiary alicyclic amines) is 1. The maximum Gasteiger partial charge on any atom is 0.272 e. The summed E-state index contributed by atoms with van der Waals surface area (Å²) in [4.78, 5) is 18.7. The maximum atomic E-state index is 12.8. The van der Waals surface area contributed by atoms with Crippen molar-refractivity contribution in [3.8, 4) is 17.9 Å². The molecule has 5 heteroatoms. The monoisotopic (exact) mass is 389 g/mol. The molecule has 1 aliphatic heterocycles. The van der Waals surface area contributed by atoms with Crippen LogP contribution in [0.25, 0.3) is 0 Å². The molecular weight excluding hydrogens is 370 g/mol. The zero-order valence-electron chi connectivity index (χ0n) is 15.9. The fourth-order valence-corrected chi connectivity index (χ4v) is 3.43. The fourth-order valence-electron chi connectivity index (χ4n) is 3.24. The van der Waals surface area contributed by atoms with Crippen molar-refractivity contribution < 1.29 is 4.79 Å². The second-order valence-electron chi connectivity index (χ2n) is 7.33. The molecule has 1 amide bonds. The number of benzene rings is 1. The van der Waals surface area contributed by atoms with Crippen molar-refractivity contribution in [2.75, 3.05) is 13.1 Å². The molecular formula is C23H20ClN3O. The second-order valence-corrected chi connectivity index (χ2v) is 7.77. The molecule has 0 aliphatic carbocycles. The number of rotatable bonds is 1. The van der Waals surface area contributed by atoms with E-state index in [1.165, 1.54) is 5.57 Å². The smallest absolute Gasteiger partial charge is 0.272 e. The quantitative estimate of drug-likeness (QED) is 0.677. The van der Waals surface area contributed by atoms with Gasteiger partial charge in [-0.3, -0.25) is 4.79 Å². The predicted molar refractivity (Wildman–Crippen MR) is 110 cm³/mol. The molecule has 1 fully saturated rings. The van der Waals surface area contributed by atoms with Gasteiger partial charge < -0.3 is 4.90 Å². The number of carbonyl (C=O) groups excluding carboxylic acids is 1. The minimum Gasteiger partial charge on any atom is -0.336 e. The van der Waals surface area contributed by atoms with Crippen molar-refractivity contribution in [2.45, 2.75) is 20.3 Å². The summed E-state index contributed by atoms with van der Waals surface area (Å²) in [7, 11) is 0. The second kappa shape index (κ2) is 8.30. The van der Waals surface area contributed by atoms with Crippen LogP contribution in [0.3, 0.4) is 0 Å². The third kappa shape index (κ3) is 4.60. The zero-order valence-corrected chi connectivity index (χ0v) is 16.6. The molecule has 140 valence electrons. The van der Waals surface area contributed by atoms with Crippen LogP contribution in [-0.2, 0) is 0 Å². The normalized spacial score (nSPS) is 16.8. The SMILES string of the molecule is CC1(C)CN(C(=O)c2cccc(C#N)n2)CC/C1=C\C#Cc1cccc(Cl)c1. The number of pyridine rings is 1. The fraction of sp³-hybridized carbons (Fsp3) is 0.261. The Morgan fingerprint density at radius 1 is 1.29 bits per heavy atom. The lowest BCUT2D eigenvalue weighted by Crippen LogP contribution is -2.45. The molecule has 0 atom stereocenters. The number of nitrogens with zero attached hydrogens (tertiary/aromatic N) is 3. The molecule has 0 N–H and O–H groups in total. The highest BCUT2D eigenvalue weighted by Crippen LogP contribution is 2.34. The number of nitriles is 1. The molecule has 0 radical (unpaired) electrons. The predicted octanol–water partition coefficient (Wildman–Crippen LogP) is 4.46. The van der Waals surface area contributed by atoms with Crippen LogP contribution >= 0.6 is 11.6 Å². The topological polar surface area (TPSA) is 57.0 Å². The minimum atomic E-state index is -0.191. The van der Waals surface area contributed by atoms with Gasteiger partial charge >= 0.3 is 0 Å². The van der Waals surface area contributed by atoms with E-state index in [2.05, 4.69) is 30.7 Å². The Bertz CT molecular complexity index is 1040. The van der Waals surface area contributed by atoms with Gasteiger partial charge in [0, 0.05) is 29.1 Å². The number of hydrogen-bond acceptors (Lipinski definition) is 3. The van der Waals surface area contributed by atoms with Crippen LogP contribution < -0.4 is 0 Å². The van der Waals surface area contributed by atoms with Gasteiger partial charge in [0.1, 0.15) is 17.5 Å². The minimum absolute atomic E-state index is 0.144. The van der Waals surface area contributed by atoms with Gasteiger partial charge in [0.15, 0.2) is 0 Å². The number of aromatic nitrogens is 1. The van der Waals surface area contributed by atoms with Gasteiger partial charge in [-0.05, 0) is 42.8 Å². The molecule has 2 heterocycles. The van der Waals surface area contributed by atoms with E-state index in [0.29, 0.717) is 23.8 Å². The average Bonchev–Trinajstić information content (AvgIpc) is 2.68. The number of halogens is 1. The van der Waals surface area contributed by atoms with Crippen LogP contribution in [0.4, 0.5) is 0 Å². The number of hydrogen-bond donors (Lipinski definition) is 0. The highest BCUT2D eigenvalue weighted by atomic mass is 35.5. The summed E-state index contributed by atoms with van der Waals surface area (Å²) in [6.07, 6.45) is 2.71. The first-order valence-electron chi connectivity index (χ1n) is 9.02. The van der Waals surface area contributed by atoms with Crippen LogP contribution in [-0.4, -0.2) is 28.9 Å². The number of carbonyl (C=O) groups is 1. The third-order valence-corrected chi connectivity index (χ3v) is 5.00. The lowest BCUT2D eigenvalue weighted by atomic mass is 9.78. The van der Waals surface area contributed by atoms with Gasteiger partial charge in [0.25, 0.3) is 5.91 Å². The zero-order chi connectivity index (χ0) is 20.1. The van der Waals surface area contributed by atoms with E-state index < -0.39 is 0 Å². The molecule has 2 aromatic rings. The lowest BCUT2D eigenvalue weighted by molar-refractivity contribution is 0.0657. The van der Waals surface area contributed by atoms with Gasteiger partial charge in [-0.2, -0.15) is 5.26 Å².